The summed E-state index contributed by atoms with van der Waals surface area (Å²) in [5, 5.41) is 10.5. The fraction of sp³-hybridized carbons (Fsp3) is 0.533. The number of ether oxygens (including phenoxy) is 1. The minimum atomic E-state index is -0.916. The van der Waals surface area contributed by atoms with Crippen molar-refractivity contribution in [3.05, 3.63) is 28.8 Å². The Hall–Kier alpha value is -1.26. The van der Waals surface area contributed by atoms with Gasteiger partial charge in [0, 0.05) is 24.5 Å². The molecule has 0 saturated heterocycles. The summed E-state index contributed by atoms with van der Waals surface area (Å²) in [6.07, 6.45) is 0.00245. The number of rotatable bonds is 4. The Balaban J connectivity index is 2.08. The van der Waals surface area contributed by atoms with Crippen molar-refractivity contribution in [2.45, 2.75) is 38.9 Å². The van der Waals surface area contributed by atoms with Crippen LogP contribution in [-0.4, -0.2) is 40.7 Å². The highest BCUT2D eigenvalue weighted by molar-refractivity contribution is 6.30. The van der Waals surface area contributed by atoms with E-state index in [9.17, 15) is 9.90 Å². The third-order valence-corrected chi connectivity index (χ3v) is 3.48. The van der Waals surface area contributed by atoms with Gasteiger partial charge in [0.25, 0.3) is 5.91 Å². The van der Waals surface area contributed by atoms with Crippen molar-refractivity contribution in [2.24, 2.45) is 0 Å². The molecule has 0 saturated carbocycles. The SMILES string of the molecule is CCN(CC(C)(C)O)C(=O)C1Cc2cc(Cl)ccc2O1. The molecule has 0 fully saturated rings. The minimum absolute atomic E-state index is 0.0954. The van der Waals surface area contributed by atoms with Crippen LogP contribution in [0.15, 0.2) is 18.2 Å². The number of fused-ring (bicyclic) bond motifs is 1. The summed E-state index contributed by atoms with van der Waals surface area (Å²) in [7, 11) is 0. The van der Waals surface area contributed by atoms with Gasteiger partial charge < -0.3 is 14.7 Å². The van der Waals surface area contributed by atoms with Crippen molar-refractivity contribution in [3.63, 3.8) is 0 Å². The van der Waals surface area contributed by atoms with Gasteiger partial charge in [-0.25, -0.2) is 0 Å². The van der Waals surface area contributed by atoms with Gasteiger partial charge in [-0.2, -0.15) is 0 Å². The van der Waals surface area contributed by atoms with Gasteiger partial charge in [-0.3, -0.25) is 4.79 Å². The molecule has 0 spiro atoms. The topological polar surface area (TPSA) is 49.8 Å². The Kier molecular flexibility index (Phi) is 4.25. The fourth-order valence-corrected chi connectivity index (χ4v) is 2.57. The molecule has 4 nitrogen and oxygen atoms in total. The molecule has 20 heavy (non-hydrogen) atoms. The molecular formula is C15H20ClNO3. The van der Waals surface area contributed by atoms with Gasteiger partial charge in [-0.15, -0.1) is 0 Å². The van der Waals surface area contributed by atoms with Crippen molar-refractivity contribution in [2.75, 3.05) is 13.1 Å². The second-order valence-corrected chi connectivity index (χ2v) is 6.16. The van der Waals surface area contributed by atoms with Crippen LogP contribution < -0.4 is 4.74 Å². The number of nitrogens with zero attached hydrogens (tertiary/aromatic N) is 1. The van der Waals surface area contributed by atoms with Gasteiger partial charge in [0.1, 0.15) is 5.75 Å². The summed E-state index contributed by atoms with van der Waals surface area (Å²) in [4.78, 5) is 14.1. The van der Waals surface area contributed by atoms with Crippen molar-refractivity contribution < 1.29 is 14.6 Å². The molecule has 0 aliphatic carbocycles. The monoisotopic (exact) mass is 297 g/mol. The number of hydrogen-bond acceptors (Lipinski definition) is 3. The molecule has 1 amide bonds. The third-order valence-electron chi connectivity index (χ3n) is 3.24. The number of carbonyl (C=O) groups is 1. The van der Waals surface area contributed by atoms with Crippen LogP contribution in [0.2, 0.25) is 5.02 Å². The summed E-state index contributed by atoms with van der Waals surface area (Å²) in [5.41, 5.74) is 0.0376. The quantitative estimate of drug-likeness (QED) is 0.927. The van der Waals surface area contributed by atoms with Gasteiger partial charge in [0.05, 0.1) is 5.60 Å². The van der Waals surface area contributed by atoms with Crippen LogP contribution in [0.5, 0.6) is 5.75 Å². The smallest absolute Gasteiger partial charge is 0.264 e. The van der Waals surface area contributed by atoms with Crippen LogP contribution in [0.3, 0.4) is 0 Å². The van der Waals surface area contributed by atoms with E-state index in [1.54, 1.807) is 30.9 Å². The van der Waals surface area contributed by atoms with Crippen molar-refractivity contribution >= 4 is 17.5 Å². The molecule has 0 aromatic heterocycles. The third kappa shape index (κ3) is 3.44. The molecular weight excluding hydrogens is 278 g/mol. The first kappa shape index (κ1) is 15.1. The van der Waals surface area contributed by atoms with E-state index in [4.69, 9.17) is 16.3 Å². The predicted molar refractivity (Wildman–Crippen MR) is 78.1 cm³/mol. The summed E-state index contributed by atoms with van der Waals surface area (Å²) >= 11 is 5.94. The molecule has 1 aromatic rings. The molecule has 1 unspecified atom stereocenters. The first-order valence-corrected chi connectivity index (χ1v) is 7.14. The molecule has 1 heterocycles. The van der Waals surface area contributed by atoms with E-state index in [0.29, 0.717) is 30.3 Å². The van der Waals surface area contributed by atoms with Crippen LogP contribution >= 0.6 is 11.6 Å². The minimum Gasteiger partial charge on any atom is -0.480 e. The Morgan fingerprint density at radius 1 is 1.55 bits per heavy atom. The Morgan fingerprint density at radius 2 is 2.25 bits per heavy atom. The number of hydrogen-bond donors (Lipinski definition) is 1. The molecule has 0 radical (unpaired) electrons. The second-order valence-electron chi connectivity index (χ2n) is 5.73. The molecule has 5 heteroatoms. The fourth-order valence-electron chi connectivity index (χ4n) is 2.37. The molecule has 2 rings (SSSR count). The first-order valence-electron chi connectivity index (χ1n) is 6.76. The lowest BCUT2D eigenvalue weighted by atomic mass is 10.1. The van der Waals surface area contributed by atoms with Crippen LogP contribution in [0.1, 0.15) is 26.3 Å². The summed E-state index contributed by atoms with van der Waals surface area (Å²) in [6, 6.07) is 5.37. The lowest BCUT2D eigenvalue weighted by Gasteiger charge is -2.29. The van der Waals surface area contributed by atoms with Crippen LogP contribution in [0.25, 0.3) is 0 Å². The predicted octanol–water partition coefficient (Wildman–Crippen LogP) is 2.26. The molecule has 1 N–H and O–H groups in total. The maximum Gasteiger partial charge on any atom is 0.264 e. The van der Waals surface area contributed by atoms with Gasteiger partial charge in [-0.05, 0) is 44.5 Å². The molecule has 1 aromatic carbocycles. The summed E-state index contributed by atoms with van der Waals surface area (Å²) in [5.74, 6) is 0.619. The van der Waals surface area contributed by atoms with E-state index in [0.717, 1.165) is 5.56 Å². The Labute approximate surface area is 124 Å². The van der Waals surface area contributed by atoms with E-state index < -0.39 is 11.7 Å². The zero-order valence-corrected chi connectivity index (χ0v) is 12.8. The highest BCUT2D eigenvalue weighted by Gasteiger charge is 2.33. The van der Waals surface area contributed by atoms with Crippen molar-refractivity contribution in [1.82, 2.24) is 4.90 Å². The lowest BCUT2D eigenvalue weighted by Crippen LogP contribution is -2.47. The van der Waals surface area contributed by atoms with Gasteiger partial charge in [0.15, 0.2) is 6.10 Å². The van der Waals surface area contributed by atoms with Gasteiger partial charge >= 0.3 is 0 Å². The molecule has 1 atom stereocenters. The number of benzene rings is 1. The average molecular weight is 298 g/mol. The zero-order valence-electron chi connectivity index (χ0n) is 12.0. The number of carbonyl (C=O) groups excluding carboxylic acids is 1. The lowest BCUT2D eigenvalue weighted by molar-refractivity contribution is -0.140. The summed E-state index contributed by atoms with van der Waals surface area (Å²) in [6.45, 7) is 6.10. The highest BCUT2D eigenvalue weighted by Crippen LogP contribution is 2.31. The number of likely N-dealkylation sites (N-methyl/N-ethyl adjacent to an activating group) is 1. The normalized spacial score (nSPS) is 17.6. The Bertz CT molecular complexity index is 510. The van der Waals surface area contributed by atoms with Crippen LogP contribution in [0.4, 0.5) is 0 Å². The highest BCUT2D eigenvalue weighted by atomic mass is 35.5. The Morgan fingerprint density at radius 3 is 2.85 bits per heavy atom. The van der Waals surface area contributed by atoms with Gasteiger partial charge in [-0.1, -0.05) is 11.6 Å². The number of aliphatic hydroxyl groups is 1. The molecule has 0 bridgehead atoms. The average Bonchev–Trinajstić information content (AvgIpc) is 2.76. The molecule has 1 aliphatic rings. The zero-order chi connectivity index (χ0) is 14.9. The van der Waals surface area contributed by atoms with E-state index in [-0.39, 0.29) is 5.91 Å². The summed E-state index contributed by atoms with van der Waals surface area (Å²) < 4.78 is 5.69. The van der Waals surface area contributed by atoms with E-state index >= 15 is 0 Å². The molecule has 110 valence electrons. The maximum absolute atomic E-state index is 12.5. The van der Waals surface area contributed by atoms with Crippen molar-refractivity contribution in [3.8, 4) is 5.75 Å². The van der Waals surface area contributed by atoms with Crippen LogP contribution in [-0.2, 0) is 11.2 Å². The maximum atomic E-state index is 12.5. The van der Waals surface area contributed by atoms with Crippen molar-refractivity contribution in [1.29, 1.82) is 0 Å². The van der Waals surface area contributed by atoms with Gasteiger partial charge in [0.2, 0.25) is 0 Å². The largest absolute Gasteiger partial charge is 0.480 e. The molecule has 1 aliphatic heterocycles. The second kappa shape index (κ2) is 5.62. The number of halogens is 1. The van der Waals surface area contributed by atoms with Crippen LogP contribution in [0, 0.1) is 0 Å². The number of amides is 1. The first-order chi connectivity index (χ1) is 9.30. The van der Waals surface area contributed by atoms with E-state index in [2.05, 4.69) is 0 Å². The van der Waals surface area contributed by atoms with E-state index in [1.807, 2.05) is 13.0 Å². The van der Waals surface area contributed by atoms with E-state index in [1.165, 1.54) is 0 Å². The standard InChI is InChI=1S/C15H20ClNO3/c1-4-17(9-15(2,3)19)14(18)13-8-10-7-11(16)5-6-12(10)20-13/h5-7,13,19H,4,8-9H2,1-3H3.